The second-order valence-electron chi connectivity index (χ2n) is 3.62. The van der Waals surface area contributed by atoms with Gasteiger partial charge in [0.15, 0.2) is 0 Å². The van der Waals surface area contributed by atoms with E-state index >= 15 is 0 Å². The van der Waals surface area contributed by atoms with Gasteiger partial charge in [0.1, 0.15) is 11.6 Å². The van der Waals surface area contributed by atoms with Gasteiger partial charge in [0, 0.05) is 11.0 Å². The molecule has 0 aliphatic carbocycles. The van der Waals surface area contributed by atoms with E-state index in [0.717, 1.165) is 5.56 Å². The highest BCUT2D eigenvalue weighted by atomic mass is 79.9. The van der Waals surface area contributed by atoms with Crippen LogP contribution in [0.25, 0.3) is 0 Å². The Kier molecular flexibility index (Phi) is 3.64. The number of phenols is 1. The Labute approximate surface area is 107 Å². The van der Waals surface area contributed by atoms with E-state index in [2.05, 4.69) is 21.2 Å². The van der Waals surface area contributed by atoms with Gasteiger partial charge in [-0.3, -0.25) is 0 Å². The standard InChI is InChI=1S/C13H11BrFNO/c14-11-2-1-3-12(15)13(11)16-8-9-4-6-10(17)7-5-9/h1-7,16-17H,8H2. The zero-order valence-corrected chi connectivity index (χ0v) is 10.5. The Morgan fingerprint density at radius 2 is 1.82 bits per heavy atom. The molecule has 4 heteroatoms. The van der Waals surface area contributed by atoms with Crippen molar-refractivity contribution in [2.24, 2.45) is 0 Å². The van der Waals surface area contributed by atoms with Crippen molar-refractivity contribution in [2.75, 3.05) is 5.32 Å². The Morgan fingerprint density at radius 1 is 1.12 bits per heavy atom. The van der Waals surface area contributed by atoms with Crippen LogP contribution in [0, 0.1) is 5.82 Å². The number of halogens is 2. The van der Waals surface area contributed by atoms with Gasteiger partial charge in [-0.1, -0.05) is 18.2 Å². The predicted molar refractivity (Wildman–Crippen MR) is 69.5 cm³/mol. The predicted octanol–water partition coefficient (Wildman–Crippen LogP) is 3.91. The summed E-state index contributed by atoms with van der Waals surface area (Å²) in [6.07, 6.45) is 0. The number of para-hydroxylation sites is 1. The maximum Gasteiger partial charge on any atom is 0.147 e. The first kappa shape index (κ1) is 11.9. The van der Waals surface area contributed by atoms with Gasteiger partial charge in [0.05, 0.1) is 5.69 Å². The van der Waals surface area contributed by atoms with Crippen LogP contribution in [0.15, 0.2) is 46.9 Å². The number of phenolic OH excluding ortho intramolecular Hbond substituents is 1. The molecule has 0 aromatic heterocycles. The smallest absolute Gasteiger partial charge is 0.147 e. The monoisotopic (exact) mass is 295 g/mol. The lowest BCUT2D eigenvalue weighted by Gasteiger charge is -2.09. The highest BCUT2D eigenvalue weighted by Crippen LogP contribution is 2.25. The van der Waals surface area contributed by atoms with Crippen LogP contribution < -0.4 is 5.32 Å². The second-order valence-corrected chi connectivity index (χ2v) is 4.47. The molecule has 0 radical (unpaired) electrons. The van der Waals surface area contributed by atoms with Crippen molar-refractivity contribution in [2.45, 2.75) is 6.54 Å². The molecule has 0 bridgehead atoms. The molecular weight excluding hydrogens is 285 g/mol. The molecule has 0 spiro atoms. The molecule has 0 amide bonds. The summed E-state index contributed by atoms with van der Waals surface area (Å²) < 4.78 is 14.2. The van der Waals surface area contributed by atoms with Gasteiger partial charge in [0.25, 0.3) is 0 Å². The third kappa shape index (κ3) is 2.97. The summed E-state index contributed by atoms with van der Waals surface area (Å²) in [5.41, 5.74) is 1.42. The van der Waals surface area contributed by atoms with E-state index in [1.807, 2.05) is 0 Å². The molecule has 0 saturated carbocycles. The molecule has 0 aliphatic rings. The topological polar surface area (TPSA) is 32.3 Å². The summed E-state index contributed by atoms with van der Waals surface area (Å²) in [5.74, 6) is -0.0704. The number of nitrogens with one attached hydrogen (secondary N) is 1. The SMILES string of the molecule is Oc1ccc(CNc2c(F)cccc2Br)cc1. The van der Waals surface area contributed by atoms with Crippen molar-refractivity contribution in [1.29, 1.82) is 0 Å². The van der Waals surface area contributed by atoms with Gasteiger partial charge in [-0.2, -0.15) is 0 Å². The molecule has 0 fully saturated rings. The van der Waals surface area contributed by atoms with E-state index < -0.39 is 0 Å². The summed E-state index contributed by atoms with van der Waals surface area (Å²) >= 11 is 3.29. The molecule has 2 N–H and O–H groups in total. The molecule has 2 aromatic rings. The van der Waals surface area contributed by atoms with Crippen LogP contribution >= 0.6 is 15.9 Å². The molecule has 2 nitrogen and oxygen atoms in total. The Morgan fingerprint density at radius 3 is 2.47 bits per heavy atom. The first-order valence-electron chi connectivity index (χ1n) is 5.12. The zero-order valence-electron chi connectivity index (χ0n) is 8.95. The highest BCUT2D eigenvalue weighted by molar-refractivity contribution is 9.10. The highest BCUT2D eigenvalue weighted by Gasteiger charge is 2.05. The van der Waals surface area contributed by atoms with Crippen molar-refractivity contribution in [3.05, 3.63) is 58.3 Å². The molecule has 0 heterocycles. The molecule has 0 aliphatic heterocycles. The van der Waals surface area contributed by atoms with E-state index in [0.29, 0.717) is 16.7 Å². The fraction of sp³-hybridized carbons (Fsp3) is 0.0769. The van der Waals surface area contributed by atoms with Gasteiger partial charge in [-0.05, 0) is 45.8 Å². The third-order valence-electron chi connectivity index (χ3n) is 2.37. The third-order valence-corrected chi connectivity index (χ3v) is 3.03. The Bertz CT molecular complexity index is 493. The first-order valence-corrected chi connectivity index (χ1v) is 5.92. The van der Waals surface area contributed by atoms with Crippen LogP contribution in [0.1, 0.15) is 5.56 Å². The molecule has 88 valence electrons. The molecule has 0 saturated heterocycles. The number of hydrogen-bond donors (Lipinski definition) is 2. The molecular formula is C13H11BrFNO. The van der Waals surface area contributed by atoms with Crippen molar-refractivity contribution in [3.8, 4) is 5.75 Å². The van der Waals surface area contributed by atoms with Gasteiger partial charge in [-0.25, -0.2) is 4.39 Å². The normalized spacial score (nSPS) is 10.2. The fourth-order valence-corrected chi connectivity index (χ4v) is 1.95. The lowest BCUT2D eigenvalue weighted by Crippen LogP contribution is -2.01. The molecule has 0 unspecified atom stereocenters. The van der Waals surface area contributed by atoms with Crippen LogP contribution in [-0.2, 0) is 6.54 Å². The van der Waals surface area contributed by atoms with Gasteiger partial charge in [-0.15, -0.1) is 0 Å². The maximum absolute atomic E-state index is 13.5. The minimum absolute atomic E-state index is 0.223. The van der Waals surface area contributed by atoms with Crippen LogP contribution in [0.2, 0.25) is 0 Å². The molecule has 0 atom stereocenters. The van der Waals surface area contributed by atoms with E-state index in [1.165, 1.54) is 6.07 Å². The zero-order chi connectivity index (χ0) is 12.3. The summed E-state index contributed by atoms with van der Waals surface area (Å²) in [4.78, 5) is 0. The van der Waals surface area contributed by atoms with E-state index in [9.17, 15) is 4.39 Å². The number of benzene rings is 2. The molecule has 17 heavy (non-hydrogen) atoms. The van der Waals surface area contributed by atoms with E-state index in [-0.39, 0.29) is 11.6 Å². The minimum Gasteiger partial charge on any atom is -0.508 e. The van der Waals surface area contributed by atoms with Crippen LogP contribution in [0.4, 0.5) is 10.1 Å². The number of aromatic hydroxyl groups is 1. The van der Waals surface area contributed by atoms with Gasteiger partial charge >= 0.3 is 0 Å². The number of hydrogen-bond acceptors (Lipinski definition) is 2. The minimum atomic E-state index is -0.293. The number of rotatable bonds is 3. The van der Waals surface area contributed by atoms with E-state index in [4.69, 9.17) is 5.11 Å². The second kappa shape index (κ2) is 5.19. The Hall–Kier alpha value is -1.55. The van der Waals surface area contributed by atoms with Crippen molar-refractivity contribution in [3.63, 3.8) is 0 Å². The quantitative estimate of drug-likeness (QED) is 0.900. The average molecular weight is 296 g/mol. The van der Waals surface area contributed by atoms with Crippen molar-refractivity contribution < 1.29 is 9.50 Å². The van der Waals surface area contributed by atoms with Crippen LogP contribution in [0.5, 0.6) is 5.75 Å². The summed E-state index contributed by atoms with van der Waals surface area (Å²) in [5, 5.41) is 12.2. The van der Waals surface area contributed by atoms with Crippen LogP contribution in [0.3, 0.4) is 0 Å². The fourth-order valence-electron chi connectivity index (χ4n) is 1.47. The Balaban J connectivity index is 2.10. The van der Waals surface area contributed by atoms with E-state index in [1.54, 1.807) is 36.4 Å². The number of anilines is 1. The van der Waals surface area contributed by atoms with Crippen LogP contribution in [-0.4, -0.2) is 5.11 Å². The summed E-state index contributed by atoms with van der Waals surface area (Å²) in [7, 11) is 0. The van der Waals surface area contributed by atoms with Crippen molar-refractivity contribution >= 4 is 21.6 Å². The maximum atomic E-state index is 13.5. The first-order chi connectivity index (χ1) is 8.16. The lowest BCUT2D eigenvalue weighted by atomic mass is 10.2. The molecule has 2 rings (SSSR count). The molecule has 2 aromatic carbocycles. The largest absolute Gasteiger partial charge is 0.508 e. The van der Waals surface area contributed by atoms with Gasteiger partial charge < -0.3 is 10.4 Å². The van der Waals surface area contributed by atoms with Crippen molar-refractivity contribution in [1.82, 2.24) is 0 Å². The summed E-state index contributed by atoms with van der Waals surface area (Å²) in [6, 6.07) is 11.6. The summed E-state index contributed by atoms with van der Waals surface area (Å²) in [6.45, 7) is 0.500. The lowest BCUT2D eigenvalue weighted by molar-refractivity contribution is 0.475. The van der Waals surface area contributed by atoms with Gasteiger partial charge in [0.2, 0.25) is 0 Å². The average Bonchev–Trinajstić information content (AvgIpc) is 2.31.